The van der Waals surface area contributed by atoms with Crippen LogP contribution in [0.4, 0.5) is 11.6 Å². The van der Waals surface area contributed by atoms with E-state index in [4.69, 9.17) is 4.74 Å². The second-order valence-electron chi connectivity index (χ2n) is 5.51. The summed E-state index contributed by atoms with van der Waals surface area (Å²) in [5.41, 5.74) is 0.888. The third-order valence-electron chi connectivity index (χ3n) is 3.64. The van der Waals surface area contributed by atoms with Crippen molar-refractivity contribution in [1.29, 1.82) is 0 Å². The molecule has 1 heterocycles. The molecular weight excluding hydrogens is 320 g/mol. The van der Waals surface area contributed by atoms with Crippen LogP contribution in [0.15, 0.2) is 36.5 Å². The monoisotopic (exact) mass is 342 g/mol. The van der Waals surface area contributed by atoms with Gasteiger partial charge in [-0.15, -0.1) is 0 Å². The number of aromatic nitrogens is 2. The summed E-state index contributed by atoms with van der Waals surface area (Å²) in [6.07, 6.45) is 3.63. The van der Waals surface area contributed by atoms with Gasteiger partial charge in [0.1, 0.15) is 5.69 Å². The Labute approximate surface area is 147 Å². The van der Waals surface area contributed by atoms with Crippen LogP contribution in [0.2, 0.25) is 0 Å². The number of ether oxygens (including phenoxy) is 1. The Kier molecular flexibility index (Phi) is 6.45. The number of carbonyl (C=O) groups excluding carboxylic acids is 2. The second-order valence-corrected chi connectivity index (χ2v) is 5.51. The van der Waals surface area contributed by atoms with Crippen LogP contribution in [0.5, 0.6) is 0 Å². The van der Waals surface area contributed by atoms with E-state index in [-0.39, 0.29) is 11.3 Å². The Morgan fingerprint density at radius 1 is 1.24 bits per heavy atom. The SMILES string of the molecule is CCCCN(C)c1nccc(C(=O)Nc2ccccc2C(=O)OC)n1. The van der Waals surface area contributed by atoms with Crippen LogP contribution in [0.3, 0.4) is 0 Å². The lowest BCUT2D eigenvalue weighted by Gasteiger charge is -2.16. The minimum atomic E-state index is -0.515. The zero-order valence-corrected chi connectivity index (χ0v) is 14.7. The number of methoxy groups -OCH3 is 1. The zero-order chi connectivity index (χ0) is 18.2. The van der Waals surface area contributed by atoms with Crippen molar-refractivity contribution >= 4 is 23.5 Å². The van der Waals surface area contributed by atoms with E-state index in [9.17, 15) is 9.59 Å². The highest BCUT2D eigenvalue weighted by Crippen LogP contribution is 2.17. The molecule has 0 aliphatic heterocycles. The number of hydrogen-bond acceptors (Lipinski definition) is 6. The van der Waals surface area contributed by atoms with Gasteiger partial charge in [0.15, 0.2) is 0 Å². The largest absolute Gasteiger partial charge is 0.465 e. The van der Waals surface area contributed by atoms with Gasteiger partial charge in [-0.3, -0.25) is 4.79 Å². The molecule has 0 spiro atoms. The first-order valence-corrected chi connectivity index (χ1v) is 8.09. The molecule has 0 fully saturated rings. The molecule has 0 bridgehead atoms. The predicted octanol–water partition coefficient (Wildman–Crippen LogP) is 2.75. The lowest BCUT2D eigenvalue weighted by atomic mass is 10.1. The molecule has 0 atom stereocenters. The van der Waals surface area contributed by atoms with Gasteiger partial charge in [0.2, 0.25) is 5.95 Å². The average molecular weight is 342 g/mol. The Hall–Kier alpha value is -2.96. The van der Waals surface area contributed by atoms with Crippen molar-refractivity contribution in [3.8, 4) is 0 Å². The molecular formula is C18H22N4O3. The first-order valence-electron chi connectivity index (χ1n) is 8.09. The van der Waals surface area contributed by atoms with Crippen LogP contribution < -0.4 is 10.2 Å². The van der Waals surface area contributed by atoms with Gasteiger partial charge in [-0.05, 0) is 24.6 Å². The normalized spacial score (nSPS) is 10.2. The molecule has 132 valence electrons. The van der Waals surface area contributed by atoms with Crippen molar-refractivity contribution in [3.05, 3.63) is 47.8 Å². The summed E-state index contributed by atoms with van der Waals surface area (Å²) in [5.74, 6) is -0.440. The quantitative estimate of drug-likeness (QED) is 0.779. The molecule has 1 amide bonds. The number of esters is 1. The van der Waals surface area contributed by atoms with Gasteiger partial charge >= 0.3 is 5.97 Å². The molecule has 2 aromatic rings. The molecule has 0 saturated carbocycles. The van der Waals surface area contributed by atoms with Crippen molar-refractivity contribution in [3.63, 3.8) is 0 Å². The predicted molar refractivity (Wildman–Crippen MR) is 95.9 cm³/mol. The minimum absolute atomic E-state index is 0.230. The summed E-state index contributed by atoms with van der Waals surface area (Å²) in [7, 11) is 3.18. The summed E-state index contributed by atoms with van der Waals surface area (Å²) < 4.78 is 4.73. The van der Waals surface area contributed by atoms with Gasteiger partial charge in [0, 0.05) is 19.8 Å². The van der Waals surface area contributed by atoms with Gasteiger partial charge in [-0.1, -0.05) is 25.5 Å². The summed E-state index contributed by atoms with van der Waals surface area (Å²) in [5, 5.41) is 2.70. The van der Waals surface area contributed by atoms with Gasteiger partial charge in [-0.2, -0.15) is 0 Å². The standard InChI is InChI=1S/C18H22N4O3/c1-4-5-12-22(2)18-19-11-10-15(21-18)16(23)20-14-9-7-6-8-13(14)17(24)25-3/h6-11H,4-5,12H2,1-3H3,(H,20,23). The third-order valence-corrected chi connectivity index (χ3v) is 3.64. The fraction of sp³-hybridized carbons (Fsp3) is 0.333. The molecule has 2 rings (SSSR count). The maximum absolute atomic E-state index is 12.5. The molecule has 7 heteroatoms. The molecule has 0 aliphatic rings. The summed E-state index contributed by atoms with van der Waals surface area (Å²) >= 11 is 0. The van der Waals surface area contributed by atoms with E-state index in [0.29, 0.717) is 11.6 Å². The fourth-order valence-corrected chi connectivity index (χ4v) is 2.22. The summed E-state index contributed by atoms with van der Waals surface area (Å²) in [4.78, 5) is 34.7. The Morgan fingerprint density at radius 3 is 2.72 bits per heavy atom. The van der Waals surface area contributed by atoms with Gasteiger partial charge < -0.3 is 15.0 Å². The maximum atomic E-state index is 12.5. The van der Waals surface area contributed by atoms with Crippen LogP contribution in [-0.4, -0.2) is 42.5 Å². The van der Waals surface area contributed by atoms with Crippen molar-refractivity contribution in [1.82, 2.24) is 9.97 Å². The van der Waals surface area contributed by atoms with E-state index in [2.05, 4.69) is 22.2 Å². The number of unbranched alkanes of at least 4 members (excludes halogenated alkanes) is 1. The zero-order valence-electron chi connectivity index (χ0n) is 14.7. The van der Waals surface area contributed by atoms with Crippen LogP contribution >= 0.6 is 0 Å². The first kappa shape index (κ1) is 18.4. The van der Waals surface area contributed by atoms with E-state index in [1.54, 1.807) is 30.5 Å². The number of hydrogen-bond donors (Lipinski definition) is 1. The van der Waals surface area contributed by atoms with Crippen molar-refractivity contribution in [2.75, 3.05) is 30.9 Å². The highest BCUT2D eigenvalue weighted by molar-refractivity contribution is 6.07. The Bertz CT molecular complexity index is 749. The van der Waals surface area contributed by atoms with Crippen LogP contribution in [0.25, 0.3) is 0 Å². The molecule has 1 aromatic carbocycles. The molecule has 7 nitrogen and oxygen atoms in total. The van der Waals surface area contributed by atoms with Gasteiger partial charge in [-0.25, -0.2) is 14.8 Å². The number of rotatable bonds is 7. The lowest BCUT2D eigenvalue weighted by Crippen LogP contribution is -2.23. The third kappa shape index (κ3) is 4.76. The van der Waals surface area contributed by atoms with E-state index in [1.165, 1.54) is 13.2 Å². The lowest BCUT2D eigenvalue weighted by molar-refractivity contribution is 0.0602. The minimum Gasteiger partial charge on any atom is -0.465 e. The summed E-state index contributed by atoms with van der Waals surface area (Å²) in [6.45, 7) is 2.92. The van der Waals surface area contributed by atoms with Crippen LogP contribution in [0.1, 0.15) is 40.6 Å². The molecule has 1 N–H and O–H groups in total. The average Bonchev–Trinajstić information content (AvgIpc) is 2.66. The Balaban J connectivity index is 2.18. The van der Waals surface area contributed by atoms with Crippen LogP contribution in [0, 0.1) is 0 Å². The van der Waals surface area contributed by atoms with Crippen molar-refractivity contribution < 1.29 is 14.3 Å². The van der Waals surface area contributed by atoms with E-state index >= 15 is 0 Å². The number of nitrogens with zero attached hydrogens (tertiary/aromatic N) is 3. The summed E-state index contributed by atoms with van der Waals surface area (Å²) in [6, 6.07) is 8.19. The van der Waals surface area contributed by atoms with Crippen LogP contribution in [-0.2, 0) is 4.74 Å². The van der Waals surface area contributed by atoms with Gasteiger partial charge in [0.25, 0.3) is 5.91 Å². The molecule has 1 aromatic heterocycles. The number of benzene rings is 1. The number of para-hydroxylation sites is 1. The number of carbonyl (C=O) groups is 2. The molecule has 0 radical (unpaired) electrons. The van der Waals surface area contributed by atoms with Crippen molar-refractivity contribution in [2.24, 2.45) is 0 Å². The molecule has 0 aliphatic carbocycles. The topological polar surface area (TPSA) is 84.4 Å². The molecule has 25 heavy (non-hydrogen) atoms. The van der Waals surface area contributed by atoms with Gasteiger partial charge in [0.05, 0.1) is 18.4 Å². The number of anilines is 2. The Morgan fingerprint density at radius 2 is 2.00 bits per heavy atom. The number of amides is 1. The smallest absolute Gasteiger partial charge is 0.339 e. The highest BCUT2D eigenvalue weighted by atomic mass is 16.5. The maximum Gasteiger partial charge on any atom is 0.339 e. The molecule has 0 unspecified atom stereocenters. The molecule has 0 saturated heterocycles. The van der Waals surface area contributed by atoms with E-state index in [0.717, 1.165) is 19.4 Å². The number of nitrogens with one attached hydrogen (secondary N) is 1. The second kappa shape index (κ2) is 8.77. The van der Waals surface area contributed by atoms with E-state index in [1.807, 2.05) is 11.9 Å². The first-order chi connectivity index (χ1) is 12.1. The fourth-order valence-electron chi connectivity index (χ4n) is 2.22. The highest BCUT2D eigenvalue weighted by Gasteiger charge is 2.16. The van der Waals surface area contributed by atoms with Crippen molar-refractivity contribution in [2.45, 2.75) is 19.8 Å². The van der Waals surface area contributed by atoms with E-state index < -0.39 is 11.9 Å².